The summed E-state index contributed by atoms with van der Waals surface area (Å²) in [5, 5.41) is 26.2. The van der Waals surface area contributed by atoms with Gasteiger partial charge in [0.15, 0.2) is 5.11 Å². The van der Waals surface area contributed by atoms with Crippen LogP contribution in [0.4, 0.5) is 17.1 Å². The van der Waals surface area contributed by atoms with Crippen LogP contribution < -0.4 is 15.5 Å². The molecule has 182 valence electrons. The Kier molecular flexibility index (Phi) is 7.42. The summed E-state index contributed by atoms with van der Waals surface area (Å²) in [7, 11) is 0. The van der Waals surface area contributed by atoms with E-state index in [4.69, 9.17) is 16.6 Å². The molecule has 0 atom stereocenters. The molecule has 1 saturated heterocycles. The van der Waals surface area contributed by atoms with Gasteiger partial charge in [0.2, 0.25) is 0 Å². The van der Waals surface area contributed by atoms with Gasteiger partial charge in [-0.25, -0.2) is 0 Å². The molecule has 0 unspecified atom stereocenters. The molecule has 1 aliphatic rings. The Bertz CT molecular complexity index is 1250. The van der Waals surface area contributed by atoms with Gasteiger partial charge in [-0.2, -0.15) is 0 Å². The summed E-state index contributed by atoms with van der Waals surface area (Å²) in [4.78, 5) is 26.1. The smallest absolute Gasteiger partial charge is 0.270 e. The van der Waals surface area contributed by atoms with Crippen molar-refractivity contribution in [1.29, 1.82) is 0 Å². The number of hydrogen-bond donors (Lipinski definition) is 3. The Morgan fingerprint density at radius 2 is 1.97 bits per heavy atom. The summed E-state index contributed by atoms with van der Waals surface area (Å²) >= 11 is 5.35. The molecule has 10 heteroatoms. The van der Waals surface area contributed by atoms with E-state index in [1.807, 2.05) is 6.07 Å². The lowest BCUT2D eigenvalue weighted by molar-refractivity contribution is -0.384. The van der Waals surface area contributed by atoms with Crippen molar-refractivity contribution in [3.05, 3.63) is 76.0 Å². The average Bonchev–Trinajstić information content (AvgIpc) is 3.34. The van der Waals surface area contributed by atoms with Crippen molar-refractivity contribution in [2.24, 2.45) is 5.92 Å². The number of hydrogen-bond acceptors (Lipinski definition) is 7. The molecule has 1 amide bonds. The van der Waals surface area contributed by atoms with Gasteiger partial charge >= 0.3 is 0 Å². The van der Waals surface area contributed by atoms with Crippen molar-refractivity contribution in [3.8, 4) is 11.3 Å². The van der Waals surface area contributed by atoms with E-state index >= 15 is 0 Å². The molecule has 4 rings (SSSR count). The fourth-order valence-electron chi connectivity index (χ4n) is 4.05. The number of rotatable bonds is 6. The number of amides is 1. The number of benzene rings is 2. The average molecular weight is 495 g/mol. The number of thiocarbonyl (C=S) groups is 1. The molecule has 2 aromatic carbocycles. The van der Waals surface area contributed by atoms with Gasteiger partial charge in [-0.05, 0) is 61.3 Å². The van der Waals surface area contributed by atoms with Crippen LogP contribution in [0.1, 0.15) is 35.9 Å². The Balaban J connectivity index is 1.50. The molecule has 35 heavy (non-hydrogen) atoms. The van der Waals surface area contributed by atoms with Crippen LogP contribution in [-0.2, 0) is 6.61 Å². The summed E-state index contributed by atoms with van der Waals surface area (Å²) < 4.78 is 5.57. The molecule has 1 fully saturated rings. The standard InChI is InChI=1S/C25H26N4O5S/c1-16-9-11-28(12-10-16)22-7-5-19(29(32)33)14-21(22)24(31)27-25(35)26-18-4-2-3-17(13-18)23-8-6-20(15-30)34-23/h2-8,13-14,16,30H,9-12,15H2,1H3,(H2,26,27,31,35). The quantitative estimate of drug-likeness (QED) is 0.256. The number of nitro groups is 1. The van der Waals surface area contributed by atoms with E-state index in [9.17, 15) is 20.0 Å². The minimum Gasteiger partial charge on any atom is -0.459 e. The summed E-state index contributed by atoms with van der Waals surface area (Å²) in [5.41, 5.74) is 2.10. The summed E-state index contributed by atoms with van der Waals surface area (Å²) in [6, 6.07) is 15.0. The van der Waals surface area contributed by atoms with Crippen LogP contribution in [0.25, 0.3) is 11.3 Å². The highest BCUT2D eigenvalue weighted by molar-refractivity contribution is 7.80. The first kappa shape index (κ1) is 24.4. The SMILES string of the molecule is CC1CCN(c2ccc([N+](=O)[O-])cc2C(=O)NC(=S)Nc2cccc(-c3ccc(CO)o3)c2)CC1. The first-order valence-electron chi connectivity index (χ1n) is 11.3. The van der Waals surface area contributed by atoms with Gasteiger partial charge in [-0.15, -0.1) is 0 Å². The third-order valence-corrected chi connectivity index (χ3v) is 6.21. The lowest BCUT2D eigenvalue weighted by Gasteiger charge is -2.33. The van der Waals surface area contributed by atoms with E-state index in [2.05, 4.69) is 22.5 Å². The molecular weight excluding hydrogens is 468 g/mol. The topological polar surface area (TPSA) is 121 Å². The zero-order valence-electron chi connectivity index (χ0n) is 19.2. The highest BCUT2D eigenvalue weighted by Gasteiger charge is 2.24. The maximum atomic E-state index is 13.1. The van der Waals surface area contributed by atoms with Crippen molar-refractivity contribution in [2.45, 2.75) is 26.4 Å². The first-order valence-corrected chi connectivity index (χ1v) is 11.7. The maximum absolute atomic E-state index is 13.1. The Morgan fingerprint density at radius 1 is 1.20 bits per heavy atom. The largest absolute Gasteiger partial charge is 0.459 e. The highest BCUT2D eigenvalue weighted by Crippen LogP contribution is 2.29. The number of carbonyl (C=O) groups is 1. The normalized spacial score (nSPS) is 13.9. The summed E-state index contributed by atoms with van der Waals surface area (Å²) in [5.74, 6) is 1.13. The Labute approximate surface area is 207 Å². The van der Waals surface area contributed by atoms with Crippen LogP contribution >= 0.6 is 12.2 Å². The Hall–Kier alpha value is -3.76. The summed E-state index contributed by atoms with van der Waals surface area (Å²) in [6.07, 6.45) is 1.98. The third kappa shape index (κ3) is 5.84. The minimum absolute atomic E-state index is 0.0624. The highest BCUT2D eigenvalue weighted by atomic mass is 32.1. The Morgan fingerprint density at radius 3 is 2.66 bits per heavy atom. The van der Waals surface area contributed by atoms with Crippen LogP contribution in [0.15, 0.2) is 59.0 Å². The van der Waals surface area contributed by atoms with Crippen molar-refractivity contribution >= 4 is 40.3 Å². The molecule has 0 saturated carbocycles. The van der Waals surface area contributed by atoms with Crippen molar-refractivity contribution in [2.75, 3.05) is 23.3 Å². The van der Waals surface area contributed by atoms with Crippen molar-refractivity contribution in [3.63, 3.8) is 0 Å². The fourth-order valence-corrected chi connectivity index (χ4v) is 4.26. The van der Waals surface area contributed by atoms with Gasteiger partial charge in [0.25, 0.3) is 11.6 Å². The molecule has 1 aromatic heterocycles. The summed E-state index contributed by atoms with van der Waals surface area (Å²) in [6.45, 7) is 3.56. The zero-order chi connectivity index (χ0) is 24.9. The number of non-ortho nitro benzene ring substituents is 1. The minimum atomic E-state index is -0.519. The first-order chi connectivity index (χ1) is 16.8. The third-order valence-electron chi connectivity index (χ3n) is 6.01. The van der Waals surface area contributed by atoms with Gasteiger partial charge in [-0.3, -0.25) is 20.2 Å². The molecule has 9 nitrogen and oxygen atoms in total. The number of nitrogens with zero attached hydrogens (tertiary/aromatic N) is 2. The number of piperidine rings is 1. The number of furan rings is 1. The predicted molar refractivity (Wildman–Crippen MR) is 137 cm³/mol. The van der Waals surface area contributed by atoms with E-state index < -0.39 is 10.8 Å². The van der Waals surface area contributed by atoms with Gasteiger partial charge in [0, 0.05) is 36.5 Å². The number of aliphatic hydroxyl groups excluding tert-OH is 1. The van der Waals surface area contributed by atoms with E-state index in [1.54, 1.807) is 36.4 Å². The predicted octanol–water partition coefficient (Wildman–Crippen LogP) is 4.71. The van der Waals surface area contributed by atoms with E-state index in [0.717, 1.165) is 31.5 Å². The second-order valence-electron chi connectivity index (χ2n) is 8.54. The molecule has 3 aromatic rings. The van der Waals surface area contributed by atoms with Crippen LogP contribution in [0.2, 0.25) is 0 Å². The monoisotopic (exact) mass is 494 g/mol. The molecule has 3 N–H and O–H groups in total. The number of anilines is 2. The van der Waals surface area contributed by atoms with Gasteiger partial charge in [0.05, 0.1) is 16.2 Å². The lowest BCUT2D eigenvalue weighted by Crippen LogP contribution is -2.37. The molecule has 0 radical (unpaired) electrons. The van der Waals surface area contributed by atoms with Gasteiger partial charge in [-0.1, -0.05) is 19.1 Å². The number of nitrogens with one attached hydrogen (secondary N) is 2. The second-order valence-corrected chi connectivity index (χ2v) is 8.95. The molecule has 0 aliphatic carbocycles. The van der Waals surface area contributed by atoms with Crippen molar-refractivity contribution < 1.29 is 19.2 Å². The van der Waals surface area contributed by atoms with Crippen LogP contribution in [0, 0.1) is 16.0 Å². The molecular formula is C25H26N4O5S. The van der Waals surface area contributed by atoms with Gasteiger partial charge < -0.3 is 19.7 Å². The van der Waals surface area contributed by atoms with E-state index in [1.165, 1.54) is 12.1 Å². The molecule has 0 bridgehead atoms. The molecule has 0 spiro atoms. The van der Waals surface area contributed by atoms with Crippen LogP contribution in [0.5, 0.6) is 0 Å². The zero-order valence-corrected chi connectivity index (χ0v) is 20.0. The number of carbonyl (C=O) groups excluding carboxylic acids is 1. The number of aliphatic hydroxyl groups is 1. The lowest BCUT2D eigenvalue weighted by atomic mass is 9.98. The number of nitro benzene ring substituents is 1. The van der Waals surface area contributed by atoms with Crippen LogP contribution in [0.3, 0.4) is 0 Å². The fraction of sp³-hybridized carbons (Fsp3) is 0.280. The van der Waals surface area contributed by atoms with Crippen LogP contribution in [-0.4, -0.2) is 34.1 Å². The molecule has 1 aliphatic heterocycles. The molecule has 2 heterocycles. The second kappa shape index (κ2) is 10.7. The van der Waals surface area contributed by atoms with E-state index in [0.29, 0.717) is 28.8 Å². The van der Waals surface area contributed by atoms with E-state index in [-0.39, 0.29) is 23.0 Å². The van der Waals surface area contributed by atoms with Gasteiger partial charge in [0.1, 0.15) is 18.1 Å². The maximum Gasteiger partial charge on any atom is 0.270 e. The van der Waals surface area contributed by atoms with Crippen molar-refractivity contribution in [1.82, 2.24) is 5.32 Å².